The lowest BCUT2D eigenvalue weighted by atomic mass is 9.95. The van der Waals surface area contributed by atoms with Crippen LogP contribution in [0.25, 0.3) is 0 Å². The average Bonchev–Trinajstić information content (AvgIpc) is 2.61. The summed E-state index contributed by atoms with van der Waals surface area (Å²) in [4.78, 5) is 30.9. The number of ether oxygens (including phenoxy) is 3. The Bertz CT molecular complexity index is 619. The van der Waals surface area contributed by atoms with Crippen molar-refractivity contribution in [2.24, 2.45) is 15.9 Å². The van der Waals surface area contributed by atoms with Crippen LogP contribution in [0.5, 0.6) is 0 Å². The van der Waals surface area contributed by atoms with Crippen LogP contribution < -0.4 is 0 Å². The molecule has 136 valence electrons. The van der Waals surface area contributed by atoms with E-state index in [1.807, 2.05) is 0 Å². The van der Waals surface area contributed by atoms with Crippen molar-refractivity contribution in [2.75, 3.05) is 20.3 Å². The van der Waals surface area contributed by atoms with E-state index >= 15 is 0 Å². The second-order valence-electron chi connectivity index (χ2n) is 5.68. The van der Waals surface area contributed by atoms with Gasteiger partial charge < -0.3 is 14.2 Å². The first-order chi connectivity index (χ1) is 12.2. The van der Waals surface area contributed by atoms with Gasteiger partial charge in [-0.05, 0) is 25.8 Å². The normalized spacial score (nSPS) is 18.7. The molecule has 7 nitrogen and oxygen atoms in total. The third-order valence-corrected chi connectivity index (χ3v) is 3.87. The number of allylic oxidation sites excluding steroid dienone is 1. The number of rotatable bonds is 10. The molecule has 7 heteroatoms. The first-order valence-electron chi connectivity index (χ1n) is 8.56. The maximum absolute atomic E-state index is 11.8. The van der Waals surface area contributed by atoms with Crippen LogP contribution in [0.1, 0.15) is 39.0 Å². The Morgan fingerprint density at radius 3 is 2.76 bits per heavy atom. The van der Waals surface area contributed by atoms with Crippen molar-refractivity contribution in [3.05, 3.63) is 23.7 Å². The highest BCUT2D eigenvalue weighted by Crippen LogP contribution is 2.25. The number of methoxy groups -OCH3 is 1. The van der Waals surface area contributed by atoms with Crippen molar-refractivity contribution in [3.63, 3.8) is 0 Å². The van der Waals surface area contributed by atoms with Crippen molar-refractivity contribution in [3.8, 4) is 0 Å². The van der Waals surface area contributed by atoms with Crippen LogP contribution in [-0.2, 0) is 23.8 Å². The predicted molar refractivity (Wildman–Crippen MR) is 93.3 cm³/mol. The van der Waals surface area contributed by atoms with E-state index in [-0.39, 0.29) is 11.9 Å². The first-order valence-corrected chi connectivity index (χ1v) is 8.56. The van der Waals surface area contributed by atoms with Crippen LogP contribution in [0.4, 0.5) is 0 Å². The van der Waals surface area contributed by atoms with Crippen LogP contribution >= 0.6 is 0 Å². The quantitative estimate of drug-likeness (QED) is 0.447. The fraction of sp³-hybridized carbons (Fsp3) is 0.556. The molecule has 0 aromatic heterocycles. The van der Waals surface area contributed by atoms with Crippen molar-refractivity contribution in [1.29, 1.82) is 0 Å². The number of hydrogen-bond donors (Lipinski definition) is 0. The third kappa shape index (κ3) is 5.55. The number of carbonyl (C=O) groups is 2. The smallest absolute Gasteiger partial charge is 0.305 e. The highest BCUT2D eigenvalue weighted by atomic mass is 16.5. The van der Waals surface area contributed by atoms with Crippen molar-refractivity contribution >= 4 is 23.9 Å². The Hall–Kier alpha value is -2.44. The molecule has 1 aliphatic carbocycles. The summed E-state index contributed by atoms with van der Waals surface area (Å²) in [6.07, 6.45) is 8.71. The van der Waals surface area contributed by atoms with Gasteiger partial charge in [0.25, 0.3) is 5.91 Å². The zero-order chi connectivity index (χ0) is 18.1. The summed E-state index contributed by atoms with van der Waals surface area (Å²) in [5, 5.41) is 0. The van der Waals surface area contributed by atoms with E-state index in [1.54, 1.807) is 26.2 Å². The molecule has 0 aromatic carbocycles. The molecule has 0 spiro atoms. The Labute approximate surface area is 147 Å². The van der Waals surface area contributed by atoms with Crippen LogP contribution in [0.3, 0.4) is 0 Å². The summed E-state index contributed by atoms with van der Waals surface area (Å²) in [6, 6.07) is 0. The van der Waals surface area contributed by atoms with Crippen molar-refractivity contribution in [2.45, 2.75) is 39.0 Å². The number of carbonyl (C=O) groups excluding carboxylic acids is 2. The highest BCUT2D eigenvalue weighted by molar-refractivity contribution is 6.18. The molecule has 1 unspecified atom stereocenters. The SMILES string of the molecule is CCOC(=O)CCCCCCOC1=CC2C(=O)N=CN=C2C=C1OC. The molecule has 1 amide bonds. The molecular formula is C18H24N2O5. The number of fused-ring (bicyclic) bond motifs is 1. The number of nitrogens with zero attached hydrogens (tertiary/aromatic N) is 2. The molecule has 1 heterocycles. The molecular weight excluding hydrogens is 324 g/mol. The second kappa shape index (κ2) is 9.76. The zero-order valence-electron chi connectivity index (χ0n) is 14.7. The number of esters is 1. The standard InChI is InChI=1S/C18H24N2O5/c1-3-24-17(21)8-6-4-5-7-9-25-16-10-13-14(11-15(16)23-2)19-12-20-18(13)22/h10-13H,3-9H2,1-2H3. The molecule has 0 saturated heterocycles. The van der Waals surface area contributed by atoms with Gasteiger partial charge in [-0.2, -0.15) is 0 Å². The fourth-order valence-electron chi connectivity index (χ4n) is 2.58. The van der Waals surface area contributed by atoms with Crippen LogP contribution in [0, 0.1) is 5.92 Å². The summed E-state index contributed by atoms with van der Waals surface area (Å²) in [7, 11) is 1.55. The second-order valence-corrected chi connectivity index (χ2v) is 5.68. The van der Waals surface area contributed by atoms with Gasteiger partial charge in [0, 0.05) is 12.5 Å². The van der Waals surface area contributed by atoms with Crippen LogP contribution in [0.15, 0.2) is 33.7 Å². The summed E-state index contributed by atoms with van der Waals surface area (Å²) < 4.78 is 16.0. The average molecular weight is 348 g/mol. The number of amides is 1. The van der Waals surface area contributed by atoms with E-state index in [2.05, 4.69) is 9.98 Å². The third-order valence-electron chi connectivity index (χ3n) is 3.87. The lowest BCUT2D eigenvalue weighted by molar-refractivity contribution is -0.143. The van der Waals surface area contributed by atoms with Crippen molar-refractivity contribution in [1.82, 2.24) is 0 Å². The van der Waals surface area contributed by atoms with Gasteiger partial charge >= 0.3 is 5.97 Å². The predicted octanol–water partition coefficient (Wildman–Crippen LogP) is 2.57. The molecule has 2 rings (SSSR count). The van der Waals surface area contributed by atoms with Crippen LogP contribution in [0.2, 0.25) is 0 Å². The molecule has 1 aliphatic heterocycles. The van der Waals surface area contributed by atoms with Gasteiger partial charge in [-0.15, -0.1) is 0 Å². The van der Waals surface area contributed by atoms with Crippen molar-refractivity contribution < 1.29 is 23.8 Å². The molecule has 0 aromatic rings. The monoisotopic (exact) mass is 348 g/mol. The summed E-state index contributed by atoms with van der Waals surface area (Å²) in [6.45, 7) is 2.75. The Morgan fingerprint density at radius 1 is 1.20 bits per heavy atom. The van der Waals surface area contributed by atoms with Gasteiger partial charge in [-0.1, -0.05) is 12.8 Å². The molecule has 0 N–H and O–H groups in total. The number of aliphatic imine (C=N–C) groups is 2. The topological polar surface area (TPSA) is 86.6 Å². The zero-order valence-corrected chi connectivity index (χ0v) is 14.7. The molecule has 0 fully saturated rings. The Morgan fingerprint density at radius 2 is 2.00 bits per heavy atom. The van der Waals surface area contributed by atoms with E-state index in [9.17, 15) is 9.59 Å². The highest BCUT2D eigenvalue weighted by Gasteiger charge is 2.29. The molecule has 0 bridgehead atoms. The minimum Gasteiger partial charge on any atom is -0.493 e. The lowest BCUT2D eigenvalue weighted by Crippen LogP contribution is -2.27. The first kappa shape index (κ1) is 18.9. The Kier molecular flexibility index (Phi) is 7.37. The molecule has 0 saturated carbocycles. The van der Waals surface area contributed by atoms with E-state index in [4.69, 9.17) is 14.2 Å². The van der Waals surface area contributed by atoms with Gasteiger partial charge in [0.15, 0.2) is 11.5 Å². The lowest BCUT2D eigenvalue weighted by Gasteiger charge is -2.22. The van der Waals surface area contributed by atoms with E-state index in [1.165, 1.54) is 6.34 Å². The molecule has 1 atom stereocenters. The molecule has 2 aliphatic rings. The Balaban J connectivity index is 1.72. The van der Waals surface area contributed by atoms with Gasteiger partial charge in [0.05, 0.1) is 26.0 Å². The van der Waals surface area contributed by atoms with Crippen LogP contribution in [-0.4, -0.2) is 44.3 Å². The van der Waals surface area contributed by atoms with Gasteiger partial charge in [0.2, 0.25) is 0 Å². The van der Waals surface area contributed by atoms with E-state index in [0.717, 1.165) is 25.7 Å². The molecule has 0 radical (unpaired) electrons. The van der Waals surface area contributed by atoms with E-state index < -0.39 is 5.92 Å². The molecule has 25 heavy (non-hydrogen) atoms. The summed E-state index contributed by atoms with van der Waals surface area (Å²) in [5.41, 5.74) is 0.614. The maximum atomic E-state index is 11.8. The summed E-state index contributed by atoms with van der Waals surface area (Å²) >= 11 is 0. The number of hydrogen-bond acceptors (Lipinski definition) is 6. The minimum atomic E-state index is -0.497. The maximum Gasteiger partial charge on any atom is 0.305 e. The van der Waals surface area contributed by atoms with E-state index in [0.29, 0.717) is 36.9 Å². The van der Waals surface area contributed by atoms with Gasteiger partial charge in [-0.25, -0.2) is 9.98 Å². The largest absolute Gasteiger partial charge is 0.493 e. The van der Waals surface area contributed by atoms with Gasteiger partial charge in [-0.3, -0.25) is 9.59 Å². The van der Waals surface area contributed by atoms with Gasteiger partial charge in [0.1, 0.15) is 12.3 Å². The minimum absolute atomic E-state index is 0.140. The summed E-state index contributed by atoms with van der Waals surface area (Å²) in [5.74, 6) is 0.210. The fourth-order valence-corrected chi connectivity index (χ4v) is 2.58. The number of unbranched alkanes of at least 4 members (excludes halogenated alkanes) is 3.